The van der Waals surface area contributed by atoms with Crippen LogP contribution in [0.5, 0.6) is 0 Å². The van der Waals surface area contributed by atoms with Crippen molar-refractivity contribution in [3.63, 3.8) is 0 Å². The summed E-state index contributed by atoms with van der Waals surface area (Å²) in [5.41, 5.74) is 6.39. The maximum absolute atomic E-state index is 13.8. The molecule has 0 aromatic heterocycles. The maximum atomic E-state index is 13.8. The highest BCUT2D eigenvalue weighted by Gasteiger charge is 2.29. The van der Waals surface area contributed by atoms with E-state index in [0.717, 1.165) is 39.1 Å². The number of carbonyl (C=O) groups is 1. The summed E-state index contributed by atoms with van der Waals surface area (Å²) in [6.07, 6.45) is 9.10. The van der Waals surface area contributed by atoms with Gasteiger partial charge in [0, 0.05) is 15.0 Å². The van der Waals surface area contributed by atoms with Crippen LogP contribution in [0.4, 0.5) is 13.6 Å². The summed E-state index contributed by atoms with van der Waals surface area (Å²) in [5.74, 6) is -0.544. The number of fused-ring (bicyclic) bond motifs is 3. The largest absolute Gasteiger partial charge is 0.329 e. The molecule has 3 nitrogen and oxygen atoms in total. The summed E-state index contributed by atoms with van der Waals surface area (Å²) in [6.45, 7) is 0. The molecule has 1 fully saturated rings. The van der Waals surface area contributed by atoms with Crippen molar-refractivity contribution in [3.05, 3.63) is 106 Å². The minimum atomic E-state index is -0.272. The molecule has 28 heavy (non-hydrogen) atoms. The Bertz CT molecular complexity index is 1050. The fraction of sp³-hybridized carbons (Fsp3) is 0.130. The molecule has 1 aliphatic heterocycles. The number of hydrogen-bond acceptors (Lipinski definition) is 1. The number of aryl methyl sites for hydroxylation is 2. The van der Waals surface area contributed by atoms with E-state index in [2.05, 4.69) is 10.6 Å². The number of amides is 2. The molecule has 5 rings (SSSR count). The Morgan fingerprint density at radius 1 is 0.964 bits per heavy atom. The molecular weight excluding hydrogens is 358 g/mol. The van der Waals surface area contributed by atoms with Gasteiger partial charge >= 0.3 is 6.03 Å². The molecule has 2 aromatic carbocycles. The van der Waals surface area contributed by atoms with Crippen molar-refractivity contribution in [1.82, 2.24) is 10.6 Å². The quantitative estimate of drug-likeness (QED) is 0.741. The Kier molecular flexibility index (Phi) is 3.90. The summed E-state index contributed by atoms with van der Waals surface area (Å²) in [5, 5.41) is 5.61. The number of rotatable bonds is 1. The van der Waals surface area contributed by atoms with E-state index in [4.69, 9.17) is 0 Å². The zero-order chi connectivity index (χ0) is 19.3. The topological polar surface area (TPSA) is 41.1 Å². The first-order valence-electron chi connectivity index (χ1n) is 9.20. The first kappa shape index (κ1) is 16.9. The van der Waals surface area contributed by atoms with Crippen LogP contribution in [-0.4, -0.2) is 12.1 Å². The van der Waals surface area contributed by atoms with Crippen molar-refractivity contribution in [2.24, 2.45) is 0 Å². The first-order valence-corrected chi connectivity index (χ1v) is 9.20. The van der Waals surface area contributed by atoms with Crippen molar-refractivity contribution in [2.45, 2.75) is 18.9 Å². The molecule has 3 aliphatic rings. The average Bonchev–Trinajstić information content (AvgIpc) is 2.97. The second kappa shape index (κ2) is 6.44. The monoisotopic (exact) mass is 379 g/mol. The molecule has 0 spiro atoms. The van der Waals surface area contributed by atoms with E-state index in [9.17, 15) is 13.6 Å². The molecule has 143 valence electrons. The molecule has 0 bridgehead atoms. The van der Waals surface area contributed by atoms with Crippen molar-refractivity contribution in [2.75, 3.05) is 0 Å². The van der Waals surface area contributed by atoms with Gasteiger partial charge < -0.3 is 10.6 Å². The Balaban J connectivity index is 0.00000128. The molecule has 1 unspecified atom stereocenters. The lowest BCUT2D eigenvalue weighted by molar-refractivity contribution is 0.248. The van der Waals surface area contributed by atoms with Crippen LogP contribution < -0.4 is 10.6 Å². The van der Waals surface area contributed by atoms with Gasteiger partial charge in [-0.1, -0.05) is 24.3 Å². The second-order valence-corrected chi connectivity index (χ2v) is 7.19. The second-order valence-electron chi connectivity index (χ2n) is 7.19. The number of urea groups is 1. The zero-order valence-electron chi connectivity index (χ0n) is 14.9. The summed E-state index contributed by atoms with van der Waals surface area (Å²) in [7, 11) is 0. The van der Waals surface area contributed by atoms with Gasteiger partial charge in [-0.15, -0.1) is 0 Å². The predicted octanol–water partition coefficient (Wildman–Crippen LogP) is 4.70. The lowest BCUT2D eigenvalue weighted by Gasteiger charge is -2.18. The number of nitrogens with one attached hydrogen (secondary N) is 2. The lowest BCUT2D eigenvalue weighted by Crippen LogP contribution is -2.27. The van der Waals surface area contributed by atoms with Crippen LogP contribution in [0.2, 0.25) is 0 Å². The molecule has 1 saturated heterocycles. The van der Waals surface area contributed by atoms with Crippen LogP contribution in [0.15, 0.2) is 65.9 Å². The number of carbonyl (C=O) groups excluding carboxylic acids is 1. The summed E-state index contributed by atoms with van der Waals surface area (Å²) in [6, 6.07) is 9.21. The van der Waals surface area contributed by atoms with Gasteiger partial charge in [-0.3, -0.25) is 0 Å². The van der Waals surface area contributed by atoms with Gasteiger partial charge in [-0.05, 0) is 76.6 Å². The highest BCUT2D eigenvalue weighted by Crippen LogP contribution is 2.36. The standard InChI is InChI=1S/C23H17F2N2O.2H2/c24-16-4-6-18-14(11-16)2-3-15-12-17(25)5-7-19(15)20(18)9-13-1-8-21-22(10-13)27-23(28)26-21;;/h1,4-12,22H,2-3H2,(H2,26,27,28);2*1H. The van der Waals surface area contributed by atoms with Gasteiger partial charge in [0.05, 0.1) is 6.04 Å². The van der Waals surface area contributed by atoms with E-state index in [0.29, 0.717) is 12.8 Å². The van der Waals surface area contributed by atoms with Crippen LogP contribution >= 0.6 is 0 Å². The maximum Gasteiger partial charge on any atom is 0.319 e. The van der Waals surface area contributed by atoms with E-state index >= 15 is 0 Å². The SMILES string of the molecule is O=C1NC2=CC=C(C=C3c4ccc(F)cc4CCc4cc(F)ccc43)[CH]C2N1.[HH].[HH]. The third-order valence-corrected chi connectivity index (χ3v) is 5.38. The molecule has 2 aliphatic carbocycles. The van der Waals surface area contributed by atoms with Gasteiger partial charge in [0.25, 0.3) is 0 Å². The third-order valence-electron chi connectivity index (χ3n) is 5.38. The van der Waals surface area contributed by atoms with Crippen LogP contribution in [-0.2, 0) is 12.8 Å². The van der Waals surface area contributed by atoms with Gasteiger partial charge in [0.1, 0.15) is 11.6 Å². The summed E-state index contributed by atoms with van der Waals surface area (Å²) < 4.78 is 27.7. The van der Waals surface area contributed by atoms with Gasteiger partial charge in [-0.25, -0.2) is 13.6 Å². The van der Waals surface area contributed by atoms with Gasteiger partial charge in [0.2, 0.25) is 0 Å². The van der Waals surface area contributed by atoms with E-state index in [-0.39, 0.29) is 26.6 Å². The Morgan fingerprint density at radius 2 is 1.61 bits per heavy atom. The van der Waals surface area contributed by atoms with Crippen LogP contribution in [0.25, 0.3) is 5.57 Å². The first-order chi connectivity index (χ1) is 13.6. The third kappa shape index (κ3) is 2.93. The van der Waals surface area contributed by atoms with Crippen molar-refractivity contribution < 1.29 is 16.4 Å². The van der Waals surface area contributed by atoms with Crippen LogP contribution in [0, 0.1) is 18.1 Å². The van der Waals surface area contributed by atoms with Crippen molar-refractivity contribution >= 4 is 11.6 Å². The summed E-state index contributed by atoms with van der Waals surface area (Å²) in [4.78, 5) is 11.6. The highest BCUT2D eigenvalue weighted by molar-refractivity contribution is 5.86. The van der Waals surface area contributed by atoms with Gasteiger partial charge in [0.15, 0.2) is 0 Å². The van der Waals surface area contributed by atoms with Crippen molar-refractivity contribution in [1.29, 1.82) is 0 Å². The Hall–Kier alpha value is -3.21. The smallest absolute Gasteiger partial charge is 0.319 e. The molecule has 2 N–H and O–H groups in total. The fourth-order valence-electron chi connectivity index (χ4n) is 4.07. The fourth-order valence-corrected chi connectivity index (χ4v) is 4.07. The molecule has 5 heteroatoms. The van der Waals surface area contributed by atoms with E-state index in [1.807, 2.05) is 24.6 Å². The number of halogens is 2. The Labute approximate surface area is 164 Å². The highest BCUT2D eigenvalue weighted by atomic mass is 19.1. The lowest BCUT2D eigenvalue weighted by atomic mass is 9.89. The van der Waals surface area contributed by atoms with Gasteiger partial charge in [-0.2, -0.15) is 0 Å². The average molecular weight is 379 g/mol. The van der Waals surface area contributed by atoms with E-state index in [1.165, 1.54) is 12.1 Å². The predicted molar refractivity (Wildman–Crippen MR) is 107 cm³/mol. The number of allylic oxidation sites excluding steroid dienone is 3. The normalized spacial score (nSPS) is 20.0. The molecule has 2 amide bonds. The minimum Gasteiger partial charge on any atom is -0.329 e. The Morgan fingerprint density at radius 3 is 2.25 bits per heavy atom. The number of hydrogen-bond donors (Lipinski definition) is 2. The molecule has 2 aromatic rings. The van der Waals surface area contributed by atoms with Crippen molar-refractivity contribution in [3.8, 4) is 0 Å². The van der Waals surface area contributed by atoms with E-state index < -0.39 is 0 Å². The molecule has 0 saturated carbocycles. The minimum absolute atomic E-state index is 0. The molecule has 1 atom stereocenters. The summed E-state index contributed by atoms with van der Waals surface area (Å²) >= 11 is 0. The van der Waals surface area contributed by atoms with Crippen LogP contribution in [0.3, 0.4) is 0 Å². The van der Waals surface area contributed by atoms with Crippen LogP contribution in [0.1, 0.15) is 25.1 Å². The number of benzene rings is 2. The zero-order valence-corrected chi connectivity index (χ0v) is 14.9. The molecule has 1 radical (unpaired) electrons. The molecular formula is C23H21F2N2O. The molecule has 1 heterocycles. The van der Waals surface area contributed by atoms with E-state index in [1.54, 1.807) is 24.3 Å².